The van der Waals surface area contributed by atoms with E-state index in [9.17, 15) is 9.59 Å². The summed E-state index contributed by atoms with van der Waals surface area (Å²) in [5.74, 6) is 1.44. The Hall–Kier alpha value is -2.50. The average Bonchev–Trinajstić information content (AvgIpc) is 3.17. The summed E-state index contributed by atoms with van der Waals surface area (Å²) in [5, 5.41) is 5.63. The van der Waals surface area contributed by atoms with Gasteiger partial charge in [0.1, 0.15) is 11.4 Å². The molecule has 0 heterocycles. The van der Waals surface area contributed by atoms with Gasteiger partial charge in [-0.05, 0) is 57.6 Å². The highest BCUT2D eigenvalue weighted by atomic mass is 16.6. The van der Waals surface area contributed by atoms with Crippen LogP contribution in [0.5, 0.6) is 5.75 Å². The first-order chi connectivity index (χ1) is 12.2. The zero-order chi connectivity index (χ0) is 18.9. The molecule has 2 aliphatic rings. The molecule has 2 bridgehead atoms. The predicted octanol–water partition coefficient (Wildman–Crippen LogP) is 4.19. The lowest BCUT2D eigenvalue weighted by Gasteiger charge is -2.21. The number of rotatable bonds is 4. The fourth-order valence-corrected chi connectivity index (χ4v) is 3.60. The molecule has 0 aromatic heterocycles. The van der Waals surface area contributed by atoms with E-state index in [4.69, 9.17) is 9.47 Å². The third-order valence-electron chi connectivity index (χ3n) is 4.72. The zero-order valence-corrected chi connectivity index (χ0v) is 15.7. The van der Waals surface area contributed by atoms with Gasteiger partial charge in [0.15, 0.2) is 0 Å². The topological polar surface area (TPSA) is 76.7 Å². The summed E-state index contributed by atoms with van der Waals surface area (Å²) >= 11 is 0. The minimum Gasteiger partial charge on any atom is -0.494 e. The lowest BCUT2D eigenvalue weighted by Crippen LogP contribution is -2.27. The van der Waals surface area contributed by atoms with Crippen LogP contribution in [-0.2, 0) is 9.53 Å². The Morgan fingerprint density at radius 3 is 2.46 bits per heavy atom. The second-order valence-corrected chi connectivity index (χ2v) is 7.92. The highest BCUT2D eigenvalue weighted by molar-refractivity contribution is 5.94. The third kappa shape index (κ3) is 4.18. The van der Waals surface area contributed by atoms with Gasteiger partial charge in [0.25, 0.3) is 0 Å². The number of amides is 2. The van der Waals surface area contributed by atoms with Crippen LogP contribution in [0, 0.1) is 17.8 Å². The lowest BCUT2D eigenvalue weighted by atomic mass is 9.93. The summed E-state index contributed by atoms with van der Waals surface area (Å²) in [5.41, 5.74) is 0.552. The first kappa shape index (κ1) is 18.3. The van der Waals surface area contributed by atoms with Crippen molar-refractivity contribution in [2.24, 2.45) is 17.8 Å². The molecule has 1 fully saturated rings. The van der Waals surface area contributed by atoms with E-state index < -0.39 is 11.7 Å². The largest absolute Gasteiger partial charge is 0.494 e. The van der Waals surface area contributed by atoms with Gasteiger partial charge < -0.3 is 14.8 Å². The first-order valence-corrected chi connectivity index (χ1v) is 8.92. The molecule has 0 radical (unpaired) electrons. The molecule has 2 N–H and O–H groups in total. The molecule has 3 atom stereocenters. The molecule has 0 unspecified atom stereocenters. The predicted molar refractivity (Wildman–Crippen MR) is 100 cm³/mol. The summed E-state index contributed by atoms with van der Waals surface area (Å²) in [6.07, 6.45) is 5.82. The number of carbonyl (C=O) groups excluding carboxylic acids is 2. The monoisotopic (exact) mass is 358 g/mol. The average molecular weight is 358 g/mol. The SMILES string of the molecule is COc1cc(NC(=O)[C@H]2C[C@H]3C=C[C@H]2C3)ccc1NC(=O)OC(C)(C)C. The van der Waals surface area contributed by atoms with Crippen LogP contribution in [0.3, 0.4) is 0 Å². The number of anilines is 2. The minimum atomic E-state index is -0.583. The van der Waals surface area contributed by atoms with E-state index in [1.807, 2.05) is 0 Å². The molecule has 3 rings (SSSR count). The van der Waals surface area contributed by atoms with E-state index in [1.165, 1.54) is 7.11 Å². The standard InChI is InChI=1S/C20H26N2O4/c1-20(2,3)26-19(24)22-16-8-7-14(11-17(16)25-4)21-18(23)15-10-12-5-6-13(15)9-12/h5-8,11-13,15H,9-10H2,1-4H3,(H,21,23)(H,22,24)/t12-,13-,15-/m0/s1. The van der Waals surface area contributed by atoms with Crippen LogP contribution in [0.1, 0.15) is 33.6 Å². The van der Waals surface area contributed by atoms with E-state index in [1.54, 1.807) is 39.0 Å². The number of fused-ring (bicyclic) bond motifs is 2. The molecular weight excluding hydrogens is 332 g/mol. The van der Waals surface area contributed by atoms with Gasteiger partial charge in [0, 0.05) is 17.7 Å². The zero-order valence-electron chi connectivity index (χ0n) is 15.7. The molecule has 6 nitrogen and oxygen atoms in total. The normalized spacial score (nSPS) is 23.6. The number of methoxy groups -OCH3 is 1. The third-order valence-corrected chi connectivity index (χ3v) is 4.72. The Morgan fingerprint density at radius 2 is 1.88 bits per heavy atom. The van der Waals surface area contributed by atoms with Crippen molar-refractivity contribution in [2.45, 2.75) is 39.2 Å². The van der Waals surface area contributed by atoms with Gasteiger partial charge in [-0.2, -0.15) is 0 Å². The van der Waals surface area contributed by atoms with Crippen LogP contribution >= 0.6 is 0 Å². The maximum absolute atomic E-state index is 12.5. The van der Waals surface area contributed by atoms with E-state index in [2.05, 4.69) is 22.8 Å². The quantitative estimate of drug-likeness (QED) is 0.791. The van der Waals surface area contributed by atoms with Crippen LogP contribution in [0.25, 0.3) is 0 Å². The molecule has 2 amide bonds. The van der Waals surface area contributed by atoms with E-state index in [0.717, 1.165) is 12.8 Å². The summed E-state index contributed by atoms with van der Waals surface area (Å²) in [4.78, 5) is 24.5. The second-order valence-electron chi connectivity index (χ2n) is 7.92. The number of carbonyl (C=O) groups is 2. The summed E-state index contributed by atoms with van der Waals surface area (Å²) in [7, 11) is 1.52. The van der Waals surface area contributed by atoms with Gasteiger partial charge in [0.05, 0.1) is 12.8 Å². The van der Waals surface area contributed by atoms with Crippen LogP contribution in [0.15, 0.2) is 30.4 Å². The van der Waals surface area contributed by atoms with Crippen LogP contribution < -0.4 is 15.4 Å². The van der Waals surface area contributed by atoms with Crippen molar-refractivity contribution in [3.05, 3.63) is 30.4 Å². The van der Waals surface area contributed by atoms with Gasteiger partial charge in [-0.15, -0.1) is 0 Å². The molecule has 0 saturated heterocycles. The number of benzene rings is 1. The summed E-state index contributed by atoms with van der Waals surface area (Å²) in [6, 6.07) is 5.14. The molecule has 0 aliphatic heterocycles. The molecular formula is C20H26N2O4. The molecule has 1 saturated carbocycles. The maximum Gasteiger partial charge on any atom is 0.412 e. The fourth-order valence-electron chi connectivity index (χ4n) is 3.60. The molecule has 140 valence electrons. The van der Waals surface area contributed by atoms with E-state index >= 15 is 0 Å². The van der Waals surface area contributed by atoms with Crippen LogP contribution in [-0.4, -0.2) is 24.7 Å². The van der Waals surface area contributed by atoms with Crippen molar-refractivity contribution in [2.75, 3.05) is 17.7 Å². The number of allylic oxidation sites excluding steroid dienone is 2. The van der Waals surface area contributed by atoms with Crippen molar-refractivity contribution in [1.29, 1.82) is 0 Å². The highest BCUT2D eigenvalue weighted by Gasteiger charge is 2.39. The van der Waals surface area contributed by atoms with Crippen LogP contribution in [0.4, 0.5) is 16.2 Å². The Labute approximate surface area is 153 Å². The molecule has 0 spiro atoms. The Bertz CT molecular complexity index is 736. The van der Waals surface area contributed by atoms with Gasteiger partial charge in [0.2, 0.25) is 5.91 Å². The second kappa shape index (κ2) is 7.02. The van der Waals surface area contributed by atoms with Crippen LogP contribution in [0.2, 0.25) is 0 Å². The van der Waals surface area contributed by atoms with E-state index in [-0.39, 0.29) is 11.8 Å². The Balaban J connectivity index is 1.65. The first-order valence-electron chi connectivity index (χ1n) is 8.92. The van der Waals surface area contributed by atoms with Crippen molar-refractivity contribution >= 4 is 23.4 Å². The molecule has 1 aromatic rings. The molecule has 26 heavy (non-hydrogen) atoms. The van der Waals surface area contributed by atoms with E-state index in [0.29, 0.717) is 29.0 Å². The Kier molecular flexibility index (Phi) is 4.94. The molecule has 2 aliphatic carbocycles. The minimum absolute atomic E-state index is 0.0376. The number of ether oxygens (including phenoxy) is 2. The van der Waals surface area contributed by atoms with Gasteiger partial charge in [-0.3, -0.25) is 10.1 Å². The van der Waals surface area contributed by atoms with Crippen molar-refractivity contribution in [1.82, 2.24) is 0 Å². The number of hydrogen-bond donors (Lipinski definition) is 2. The number of nitrogens with one attached hydrogen (secondary N) is 2. The summed E-state index contributed by atoms with van der Waals surface area (Å²) < 4.78 is 10.6. The van der Waals surface area contributed by atoms with Gasteiger partial charge >= 0.3 is 6.09 Å². The van der Waals surface area contributed by atoms with Crippen molar-refractivity contribution < 1.29 is 19.1 Å². The van der Waals surface area contributed by atoms with Crippen molar-refractivity contribution in [3.63, 3.8) is 0 Å². The smallest absolute Gasteiger partial charge is 0.412 e. The van der Waals surface area contributed by atoms with Gasteiger partial charge in [-0.1, -0.05) is 12.2 Å². The maximum atomic E-state index is 12.5. The molecule has 6 heteroatoms. The highest BCUT2D eigenvalue weighted by Crippen LogP contribution is 2.44. The lowest BCUT2D eigenvalue weighted by molar-refractivity contribution is -0.120. The fraction of sp³-hybridized carbons (Fsp3) is 0.500. The number of hydrogen-bond acceptors (Lipinski definition) is 4. The van der Waals surface area contributed by atoms with Crippen molar-refractivity contribution in [3.8, 4) is 5.75 Å². The summed E-state index contributed by atoms with van der Waals surface area (Å²) in [6.45, 7) is 5.40. The Morgan fingerprint density at radius 1 is 1.12 bits per heavy atom. The van der Waals surface area contributed by atoms with Gasteiger partial charge in [-0.25, -0.2) is 4.79 Å². The molecule has 1 aromatic carbocycles.